The molecule has 0 saturated heterocycles. The van der Waals surface area contributed by atoms with E-state index in [1.165, 1.54) is 15.5 Å². The normalized spacial score (nSPS) is 11.1. The Morgan fingerprint density at radius 1 is 1.28 bits per heavy atom. The molecule has 0 saturated carbocycles. The highest BCUT2D eigenvalue weighted by Crippen LogP contribution is 2.23. The molecule has 18 heavy (non-hydrogen) atoms. The van der Waals surface area contributed by atoms with E-state index in [4.69, 9.17) is 0 Å². The standard InChI is InChI=1S/C12H10N2OS3/c15-12-11-9(3-6-18-11)13-8-14(12)4-7-17-10-2-1-5-16-10/h1-3,5-6,8H,4,7H2. The minimum atomic E-state index is 0.0711. The largest absolute Gasteiger partial charge is 0.297 e. The number of aromatic nitrogens is 2. The molecular formula is C12H10N2OS3. The SMILES string of the molecule is O=c1c2sccc2ncn1CCSc1cccs1. The summed E-state index contributed by atoms with van der Waals surface area (Å²) < 4.78 is 3.73. The van der Waals surface area contributed by atoms with Crippen molar-refractivity contribution in [2.45, 2.75) is 10.8 Å². The van der Waals surface area contributed by atoms with Crippen LogP contribution >= 0.6 is 34.4 Å². The summed E-state index contributed by atoms with van der Waals surface area (Å²) in [6.07, 6.45) is 1.65. The lowest BCUT2D eigenvalue weighted by Gasteiger charge is -2.03. The minimum absolute atomic E-state index is 0.0711. The predicted molar refractivity (Wildman–Crippen MR) is 78.9 cm³/mol. The Morgan fingerprint density at radius 3 is 3.06 bits per heavy atom. The summed E-state index contributed by atoms with van der Waals surface area (Å²) in [6.45, 7) is 0.697. The molecule has 0 fully saturated rings. The Kier molecular flexibility index (Phi) is 3.49. The van der Waals surface area contributed by atoms with Crippen molar-refractivity contribution >= 4 is 44.7 Å². The summed E-state index contributed by atoms with van der Waals surface area (Å²) in [7, 11) is 0. The average molecular weight is 294 g/mol. The van der Waals surface area contributed by atoms with Crippen LogP contribution in [-0.4, -0.2) is 15.3 Å². The maximum absolute atomic E-state index is 12.1. The van der Waals surface area contributed by atoms with Gasteiger partial charge in [-0.1, -0.05) is 6.07 Å². The van der Waals surface area contributed by atoms with Crippen LogP contribution in [0.25, 0.3) is 10.2 Å². The van der Waals surface area contributed by atoms with Crippen LogP contribution < -0.4 is 5.56 Å². The monoisotopic (exact) mass is 294 g/mol. The fraction of sp³-hybridized carbons (Fsp3) is 0.167. The molecule has 0 radical (unpaired) electrons. The summed E-state index contributed by atoms with van der Waals surface area (Å²) in [5.41, 5.74) is 0.869. The summed E-state index contributed by atoms with van der Waals surface area (Å²) in [5.74, 6) is 0.888. The quantitative estimate of drug-likeness (QED) is 0.692. The smallest absolute Gasteiger partial charge is 0.271 e. The van der Waals surface area contributed by atoms with E-state index in [0.29, 0.717) is 6.54 Å². The topological polar surface area (TPSA) is 34.9 Å². The van der Waals surface area contributed by atoms with E-state index >= 15 is 0 Å². The number of hydrogen-bond donors (Lipinski definition) is 0. The summed E-state index contributed by atoms with van der Waals surface area (Å²) in [4.78, 5) is 16.4. The summed E-state index contributed by atoms with van der Waals surface area (Å²) in [5, 5.41) is 3.97. The van der Waals surface area contributed by atoms with Crippen molar-refractivity contribution in [1.82, 2.24) is 9.55 Å². The molecule has 3 aromatic heterocycles. The molecule has 0 aliphatic carbocycles. The highest BCUT2D eigenvalue weighted by atomic mass is 32.2. The van der Waals surface area contributed by atoms with Crippen LogP contribution in [0, 0.1) is 0 Å². The molecule has 3 rings (SSSR count). The van der Waals surface area contributed by atoms with Crippen LogP contribution in [0.5, 0.6) is 0 Å². The molecule has 0 amide bonds. The highest BCUT2D eigenvalue weighted by molar-refractivity contribution is 8.01. The number of thiophene rings is 2. The predicted octanol–water partition coefficient (Wildman–Crippen LogP) is 3.31. The third kappa shape index (κ3) is 2.36. The molecule has 3 nitrogen and oxygen atoms in total. The van der Waals surface area contributed by atoms with Crippen molar-refractivity contribution in [1.29, 1.82) is 0 Å². The second-order valence-corrected chi connectivity index (χ2v) is 6.92. The molecule has 0 atom stereocenters. The van der Waals surface area contributed by atoms with Crippen LogP contribution in [0.1, 0.15) is 0 Å². The molecule has 0 bridgehead atoms. The minimum Gasteiger partial charge on any atom is -0.297 e. The number of aryl methyl sites for hydroxylation is 1. The first kappa shape index (κ1) is 12.0. The average Bonchev–Trinajstić information content (AvgIpc) is 3.02. The molecule has 92 valence electrons. The fourth-order valence-electron chi connectivity index (χ4n) is 1.63. The van der Waals surface area contributed by atoms with E-state index in [9.17, 15) is 4.79 Å². The van der Waals surface area contributed by atoms with Crippen molar-refractivity contribution in [2.75, 3.05) is 5.75 Å². The molecule has 0 spiro atoms. The Bertz CT molecular complexity index is 700. The highest BCUT2D eigenvalue weighted by Gasteiger charge is 2.05. The van der Waals surface area contributed by atoms with E-state index < -0.39 is 0 Å². The molecule has 0 aliphatic rings. The van der Waals surface area contributed by atoms with E-state index in [1.54, 1.807) is 34.0 Å². The number of rotatable bonds is 4. The third-order valence-corrected chi connectivity index (χ3v) is 5.51. The van der Waals surface area contributed by atoms with Crippen molar-refractivity contribution < 1.29 is 0 Å². The Hall–Kier alpha value is -1.11. The van der Waals surface area contributed by atoms with E-state index in [-0.39, 0.29) is 5.56 Å². The fourth-order valence-corrected chi connectivity index (χ4v) is 4.22. The molecule has 0 N–H and O–H groups in total. The lowest BCUT2D eigenvalue weighted by atomic mass is 10.5. The van der Waals surface area contributed by atoms with E-state index in [1.807, 2.05) is 17.5 Å². The van der Waals surface area contributed by atoms with Crippen LogP contribution in [0.15, 0.2) is 44.3 Å². The van der Waals surface area contributed by atoms with Gasteiger partial charge in [0, 0.05) is 12.3 Å². The van der Waals surface area contributed by atoms with Gasteiger partial charge in [-0.25, -0.2) is 4.98 Å². The molecule has 0 aliphatic heterocycles. The lowest BCUT2D eigenvalue weighted by molar-refractivity contribution is 0.726. The maximum Gasteiger partial charge on any atom is 0.271 e. The molecule has 0 unspecified atom stereocenters. The van der Waals surface area contributed by atoms with Gasteiger partial charge in [-0.05, 0) is 22.9 Å². The van der Waals surface area contributed by atoms with Crippen molar-refractivity contribution in [3.05, 3.63) is 45.6 Å². The van der Waals surface area contributed by atoms with Crippen molar-refractivity contribution in [3.8, 4) is 0 Å². The van der Waals surface area contributed by atoms with Gasteiger partial charge in [0.15, 0.2) is 0 Å². The molecule has 3 aromatic rings. The first-order valence-corrected chi connectivity index (χ1v) is 8.18. The second kappa shape index (κ2) is 5.26. The molecule has 0 aromatic carbocycles. The maximum atomic E-state index is 12.1. The van der Waals surface area contributed by atoms with Crippen molar-refractivity contribution in [2.24, 2.45) is 0 Å². The van der Waals surface area contributed by atoms with Gasteiger partial charge in [0.25, 0.3) is 5.56 Å². The van der Waals surface area contributed by atoms with E-state index in [2.05, 4.69) is 16.4 Å². The van der Waals surface area contributed by atoms with Crippen LogP contribution in [0.4, 0.5) is 0 Å². The molecular weight excluding hydrogens is 284 g/mol. The number of hydrogen-bond acceptors (Lipinski definition) is 5. The number of thioether (sulfide) groups is 1. The second-order valence-electron chi connectivity index (χ2n) is 3.66. The van der Waals surface area contributed by atoms with Gasteiger partial charge in [-0.15, -0.1) is 34.4 Å². The summed E-state index contributed by atoms with van der Waals surface area (Å²) >= 11 is 4.96. The summed E-state index contributed by atoms with van der Waals surface area (Å²) in [6, 6.07) is 6.02. The zero-order chi connectivity index (χ0) is 12.4. The Balaban J connectivity index is 1.74. The first-order chi connectivity index (χ1) is 8.84. The van der Waals surface area contributed by atoms with Gasteiger partial charge in [-0.3, -0.25) is 9.36 Å². The first-order valence-electron chi connectivity index (χ1n) is 5.43. The van der Waals surface area contributed by atoms with Crippen LogP contribution in [-0.2, 0) is 6.54 Å². The van der Waals surface area contributed by atoms with Gasteiger partial charge >= 0.3 is 0 Å². The van der Waals surface area contributed by atoms with Gasteiger partial charge in [-0.2, -0.15) is 0 Å². The lowest BCUT2D eigenvalue weighted by Crippen LogP contribution is -2.20. The van der Waals surface area contributed by atoms with Gasteiger partial charge in [0.05, 0.1) is 16.1 Å². The number of fused-ring (bicyclic) bond motifs is 1. The van der Waals surface area contributed by atoms with Gasteiger partial charge in [0.2, 0.25) is 0 Å². The van der Waals surface area contributed by atoms with Crippen LogP contribution in [0.3, 0.4) is 0 Å². The van der Waals surface area contributed by atoms with E-state index in [0.717, 1.165) is 16.0 Å². The number of nitrogens with zero attached hydrogens (tertiary/aromatic N) is 2. The zero-order valence-electron chi connectivity index (χ0n) is 9.41. The molecule has 6 heteroatoms. The van der Waals surface area contributed by atoms with Crippen molar-refractivity contribution in [3.63, 3.8) is 0 Å². The van der Waals surface area contributed by atoms with Gasteiger partial charge in [0.1, 0.15) is 4.70 Å². The van der Waals surface area contributed by atoms with Crippen LogP contribution in [0.2, 0.25) is 0 Å². The third-order valence-electron chi connectivity index (χ3n) is 2.51. The Morgan fingerprint density at radius 2 is 2.22 bits per heavy atom. The van der Waals surface area contributed by atoms with Gasteiger partial charge < -0.3 is 0 Å². The Labute approximate surface area is 116 Å². The molecule has 3 heterocycles. The zero-order valence-corrected chi connectivity index (χ0v) is 11.9.